The molecule has 2 aromatic rings. The molecule has 2 aromatic carbocycles. The standard InChI is InChI=1S/C29H37N3O4/c1-19-9-14-31(15-10-19)13-6-12-30-28(33)26-21-7-4-5-8-22(21)29(34)32-16-11-20-17-24(35-2)25(36-3)18-23(20)27(26)32/h4-5,7-8,17-19,26-27H,6,9-16H2,1-3H3,(H,30,33)/t26-,27+/m0/s1. The van der Waals surface area contributed by atoms with E-state index in [-0.39, 0.29) is 17.9 Å². The number of likely N-dealkylation sites (tertiary alicyclic amines) is 1. The van der Waals surface area contributed by atoms with Crippen molar-refractivity contribution in [3.63, 3.8) is 0 Å². The molecule has 3 aliphatic heterocycles. The fourth-order valence-corrected chi connectivity index (χ4v) is 6.05. The first-order valence-electron chi connectivity index (χ1n) is 13.2. The minimum absolute atomic E-state index is 0.0144. The number of carbonyl (C=O) groups is 2. The number of hydrogen-bond acceptors (Lipinski definition) is 5. The molecule has 0 saturated carbocycles. The highest BCUT2D eigenvalue weighted by atomic mass is 16.5. The SMILES string of the molecule is COc1cc2c(cc1OC)[C@@H]1[C@@H](C(=O)NCCCN3CCC(C)CC3)c3ccccc3C(=O)N1CC2. The molecule has 3 aliphatic rings. The Balaban J connectivity index is 1.40. The number of benzene rings is 2. The summed E-state index contributed by atoms with van der Waals surface area (Å²) < 4.78 is 11.1. The maximum absolute atomic E-state index is 13.8. The van der Waals surface area contributed by atoms with Crippen molar-refractivity contribution in [1.82, 2.24) is 15.1 Å². The van der Waals surface area contributed by atoms with Gasteiger partial charge in [-0.1, -0.05) is 25.1 Å². The van der Waals surface area contributed by atoms with Crippen LogP contribution in [0.15, 0.2) is 36.4 Å². The number of piperidine rings is 1. The van der Waals surface area contributed by atoms with Crippen LogP contribution < -0.4 is 14.8 Å². The van der Waals surface area contributed by atoms with E-state index in [9.17, 15) is 9.59 Å². The molecule has 7 heteroatoms. The topological polar surface area (TPSA) is 71.1 Å². The van der Waals surface area contributed by atoms with Crippen molar-refractivity contribution in [2.24, 2.45) is 5.92 Å². The Labute approximate surface area is 213 Å². The summed E-state index contributed by atoms with van der Waals surface area (Å²) in [5.74, 6) is 1.57. The van der Waals surface area contributed by atoms with Crippen molar-refractivity contribution in [1.29, 1.82) is 0 Å². The third-order valence-corrected chi connectivity index (χ3v) is 8.13. The Morgan fingerprint density at radius 2 is 1.75 bits per heavy atom. The van der Waals surface area contributed by atoms with Gasteiger partial charge in [0.05, 0.1) is 26.2 Å². The summed E-state index contributed by atoms with van der Waals surface area (Å²) in [5.41, 5.74) is 3.48. The van der Waals surface area contributed by atoms with Crippen LogP contribution in [0.4, 0.5) is 0 Å². The molecule has 2 amide bonds. The van der Waals surface area contributed by atoms with Crippen LogP contribution in [-0.4, -0.2) is 68.6 Å². The fourth-order valence-electron chi connectivity index (χ4n) is 6.05. The molecule has 0 unspecified atom stereocenters. The number of ether oxygens (including phenoxy) is 2. The zero-order chi connectivity index (χ0) is 25.2. The van der Waals surface area contributed by atoms with E-state index < -0.39 is 5.92 Å². The van der Waals surface area contributed by atoms with E-state index in [2.05, 4.69) is 17.1 Å². The van der Waals surface area contributed by atoms with E-state index in [4.69, 9.17) is 9.47 Å². The maximum atomic E-state index is 13.8. The van der Waals surface area contributed by atoms with Crippen molar-refractivity contribution in [2.45, 2.75) is 44.6 Å². The molecular weight excluding hydrogens is 454 g/mol. The second kappa shape index (κ2) is 10.5. The van der Waals surface area contributed by atoms with Crippen molar-refractivity contribution < 1.29 is 19.1 Å². The van der Waals surface area contributed by atoms with Gasteiger partial charge in [-0.15, -0.1) is 0 Å². The molecule has 0 radical (unpaired) electrons. The summed E-state index contributed by atoms with van der Waals surface area (Å²) in [6.45, 7) is 6.81. The average Bonchev–Trinajstić information content (AvgIpc) is 2.91. The molecule has 192 valence electrons. The monoisotopic (exact) mass is 491 g/mol. The Morgan fingerprint density at radius 1 is 1.03 bits per heavy atom. The predicted octanol–water partition coefficient (Wildman–Crippen LogP) is 3.78. The number of methoxy groups -OCH3 is 2. The molecule has 0 spiro atoms. The maximum Gasteiger partial charge on any atom is 0.254 e. The van der Waals surface area contributed by atoms with Gasteiger partial charge in [0.1, 0.15) is 0 Å². The van der Waals surface area contributed by atoms with Crippen molar-refractivity contribution in [3.8, 4) is 11.5 Å². The molecule has 1 N–H and O–H groups in total. The van der Waals surface area contributed by atoms with Gasteiger partial charge in [0, 0.05) is 18.7 Å². The van der Waals surface area contributed by atoms with E-state index in [1.54, 1.807) is 14.2 Å². The van der Waals surface area contributed by atoms with E-state index in [1.165, 1.54) is 12.8 Å². The summed E-state index contributed by atoms with van der Waals surface area (Å²) in [5, 5.41) is 3.21. The molecule has 36 heavy (non-hydrogen) atoms. The zero-order valence-electron chi connectivity index (χ0n) is 21.6. The van der Waals surface area contributed by atoms with Crippen molar-refractivity contribution in [3.05, 3.63) is 58.7 Å². The number of nitrogens with one attached hydrogen (secondary N) is 1. The summed E-state index contributed by atoms with van der Waals surface area (Å²) in [6, 6.07) is 11.1. The summed E-state index contributed by atoms with van der Waals surface area (Å²) in [7, 11) is 3.24. The lowest BCUT2D eigenvalue weighted by Gasteiger charge is -2.45. The van der Waals surface area contributed by atoms with Crippen molar-refractivity contribution in [2.75, 3.05) is 46.9 Å². The Kier molecular flexibility index (Phi) is 7.19. The predicted molar refractivity (Wildman–Crippen MR) is 139 cm³/mol. The second-order valence-electron chi connectivity index (χ2n) is 10.3. The van der Waals surface area contributed by atoms with E-state index >= 15 is 0 Å². The highest BCUT2D eigenvalue weighted by Crippen LogP contribution is 2.48. The number of nitrogens with zero attached hydrogens (tertiary/aromatic N) is 2. The van der Waals surface area contributed by atoms with Gasteiger partial charge >= 0.3 is 0 Å². The smallest absolute Gasteiger partial charge is 0.254 e. The molecule has 0 aromatic heterocycles. The molecule has 7 nitrogen and oxygen atoms in total. The third-order valence-electron chi connectivity index (χ3n) is 8.13. The van der Waals surface area contributed by atoms with Crippen LogP contribution in [0.5, 0.6) is 11.5 Å². The lowest BCUT2D eigenvalue weighted by molar-refractivity contribution is -0.124. The summed E-state index contributed by atoms with van der Waals surface area (Å²) in [4.78, 5) is 31.7. The number of rotatable bonds is 7. The first-order chi connectivity index (χ1) is 17.5. The van der Waals surface area contributed by atoms with E-state index in [0.29, 0.717) is 36.6 Å². The number of carbonyl (C=O) groups excluding carboxylic acids is 2. The summed E-state index contributed by atoms with van der Waals surface area (Å²) in [6.07, 6.45) is 4.14. The summed E-state index contributed by atoms with van der Waals surface area (Å²) >= 11 is 0. The molecule has 2 atom stereocenters. The highest BCUT2D eigenvalue weighted by Gasteiger charge is 2.46. The molecule has 1 saturated heterocycles. The van der Waals surface area contributed by atoms with Crippen LogP contribution in [0.1, 0.15) is 65.2 Å². The van der Waals surface area contributed by atoms with E-state index in [1.807, 2.05) is 41.3 Å². The molecular formula is C29H37N3O4. The van der Waals surface area contributed by atoms with Gasteiger partial charge in [-0.2, -0.15) is 0 Å². The first kappa shape index (κ1) is 24.6. The fraction of sp³-hybridized carbons (Fsp3) is 0.517. The third kappa shape index (κ3) is 4.57. The van der Waals surface area contributed by atoms with Gasteiger partial charge in [-0.25, -0.2) is 0 Å². The van der Waals surface area contributed by atoms with Gasteiger partial charge in [-0.05, 0) is 86.1 Å². The largest absolute Gasteiger partial charge is 0.493 e. The van der Waals surface area contributed by atoms with Gasteiger partial charge in [0.15, 0.2) is 11.5 Å². The van der Waals surface area contributed by atoms with Gasteiger partial charge in [-0.3, -0.25) is 9.59 Å². The Bertz CT molecular complexity index is 1130. The minimum atomic E-state index is -0.480. The number of hydrogen-bond donors (Lipinski definition) is 1. The van der Waals surface area contributed by atoms with Crippen LogP contribution in [0, 0.1) is 5.92 Å². The number of fused-ring (bicyclic) bond motifs is 4. The lowest BCUT2D eigenvalue weighted by Crippen LogP contribution is -2.50. The van der Waals surface area contributed by atoms with Gasteiger partial charge < -0.3 is 24.6 Å². The molecule has 0 aliphatic carbocycles. The average molecular weight is 492 g/mol. The number of amides is 2. The highest BCUT2D eigenvalue weighted by molar-refractivity contribution is 6.01. The van der Waals surface area contributed by atoms with Crippen LogP contribution in [0.2, 0.25) is 0 Å². The van der Waals surface area contributed by atoms with Crippen LogP contribution in [0.3, 0.4) is 0 Å². The van der Waals surface area contributed by atoms with Crippen LogP contribution in [0.25, 0.3) is 0 Å². The van der Waals surface area contributed by atoms with Gasteiger partial charge in [0.25, 0.3) is 5.91 Å². The minimum Gasteiger partial charge on any atom is -0.493 e. The normalized spacial score (nSPS) is 21.9. The Morgan fingerprint density at radius 3 is 2.50 bits per heavy atom. The molecule has 3 heterocycles. The molecule has 5 rings (SSSR count). The van der Waals surface area contributed by atoms with Crippen LogP contribution >= 0.6 is 0 Å². The zero-order valence-corrected chi connectivity index (χ0v) is 21.6. The van der Waals surface area contributed by atoms with Crippen molar-refractivity contribution >= 4 is 11.8 Å². The molecule has 1 fully saturated rings. The van der Waals surface area contributed by atoms with Gasteiger partial charge in [0.2, 0.25) is 5.91 Å². The Hall–Kier alpha value is -3.06. The molecule has 0 bridgehead atoms. The second-order valence-corrected chi connectivity index (χ2v) is 10.3. The first-order valence-corrected chi connectivity index (χ1v) is 13.2. The van der Waals surface area contributed by atoms with E-state index in [0.717, 1.165) is 48.7 Å². The quantitative estimate of drug-likeness (QED) is 0.597. The van der Waals surface area contributed by atoms with Crippen LogP contribution in [-0.2, 0) is 11.2 Å². The lowest BCUT2D eigenvalue weighted by atomic mass is 9.75.